The summed E-state index contributed by atoms with van der Waals surface area (Å²) in [5, 5.41) is 0. The van der Waals surface area contributed by atoms with E-state index in [1.807, 2.05) is 18.2 Å². The fraction of sp³-hybridized carbons (Fsp3) is 0.417. The van der Waals surface area contributed by atoms with E-state index in [0.29, 0.717) is 19.0 Å². The van der Waals surface area contributed by atoms with Gasteiger partial charge in [-0.15, -0.1) is 6.58 Å². The first kappa shape index (κ1) is 11.7. The van der Waals surface area contributed by atoms with Crippen molar-refractivity contribution in [2.24, 2.45) is 5.73 Å². The third-order valence-electron chi connectivity index (χ3n) is 2.08. The number of hydrogen-bond donors (Lipinski definition) is 1. The number of ether oxygens (including phenoxy) is 1. The number of pyridine rings is 1. The summed E-state index contributed by atoms with van der Waals surface area (Å²) in [6.45, 7) is 6.84. The van der Waals surface area contributed by atoms with Gasteiger partial charge < -0.3 is 10.5 Å². The molecule has 0 spiro atoms. The SMILES string of the molecule is C=CCCOc1cc(CN)cc(CC)n1. The summed E-state index contributed by atoms with van der Waals surface area (Å²) in [5.74, 6) is 0.664. The lowest BCUT2D eigenvalue weighted by molar-refractivity contribution is 0.311. The average molecular weight is 206 g/mol. The minimum absolute atomic E-state index is 0.521. The highest BCUT2D eigenvalue weighted by atomic mass is 16.5. The summed E-state index contributed by atoms with van der Waals surface area (Å²) >= 11 is 0. The second kappa shape index (κ2) is 6.19. The number of nitrogens with zero attached hydrogens (tertiary/aromatic N) is 1. The van der Waals surface area contributed by atoms with Crippen molar-refractivity contribution in [1.29, 1.82) is 0 Å². The summed E-state index contributed by atoms with van der Waals surface area (Å²) in [6.07, 6.45) is 3.55. The van der Waals surface area contributed by atoms with Gasteiger partial charge in [-0.25, -0.2) is 4.98 Å². The van der Waals surface area contributed by atoms with Crippen LogP contribution in [-0.4, -0.2) is 11.6 Å². The maximum atomic E-state index is 5.60. The Bertz CT molecular complexity index is 301. The molecule has 0 bridgehead atoms. The summed E-state index contributed by atoms with van der Waals surface area (Å²) in [6, 6.07) is 3.91. The lowest BCUT2D eigenvalue weighted by atomic mass is 10.2. The van der Waals surface area contributed by atoms with Gasteiger partial charge in [0.1, 0.15) is 0 Å². The van der Waals surface area contributed by atoms with E-state index >= 15 is 0 Å². The van der Waals surface area contributed by atoms with Gasteiger partial charge in [0.05, 0.1) is 6.61 Å². The van der Waals surface area contributed by atoms with E-state index in [2.05, 4.69) is 18.5 Å². The van der Waals surface area contributed by atoms with Gasteiger partial charge in [-0.3, -0.25) is 0 Å². The molecule has 0 fully saturated rings. The summed E-state index contributed by atoms with van der Waals surface area (Å²) < 4.78 is 5.49. The van der Waals surface area contributed by atoms with E-state index in [4.69, 9.17) is 10.5 Å². The first-order valence-corrected chi connectivity index (χ1v) is 5.23. The molecule has 82 valence electrons. The highest BCUT2D eigenvalue weighted by Gasteiger charge is 2.01. The van der Waals surface area contributed by atoms with Crippen LogP contribution in [0.2, 0.25) is 0 Å². The number of rotatable bonds is 6. The molecule has 1 heterocycles. The number of aryl methyl sites for hydroxylation is 1. The van der Waals surface area contributed by atoms with Crippen LogP contribution in [-0.2, 0) is 13.0 Å². The lowest BCUT2D eigenvalue weighted by Crippen LogP contribution is -2.03. The van der Waals surface area contributed by atoms with Crippen molar-refractivity contribution in [3.63, 3.8) is 0 Å². The molecule has 1 rings (SSSR count). The number of hydrogen-bond acceptors (Lipinski definition) is 3. The maximum Gasteiger partial charge on any atom is 0.213 e. The molecule has 0 unspecified atom stereocenters. The first-order chi connectivity index (χ1) is 7.30. The Morgan fingerprint density at radius 1 is 1.53 bits per heavy atom. The maximum absolute atomic E-state index is 5.60. The largest absolute Gasteiger partial charge is 0.477 e. The summed E-state index contributed by atoms with van der Waals surface area (Å²) in [5.41, 5.74) is 7.68. The second-order valence-corrected chi connectivity index (χ2v) is 3.29. The molecular weight excluding hydrogens is 188 g/mol. The fourth-order valence-electron chi connectivity index (χ4n) is 1.24. The molecule has 0 aliphatic heterocycles. The van der Waals surface area contributed by atoms with Gasteiger partial charge in [0.15, 0.2) is 0 Å². The lowest BCUT2D eigenvalue weighted by Gasteiger charge is -2.07. The van der Waals surface area contributed by atoms with Crippen molar-refractivity contribution in [2.75, 3.05) is 6.61 Å². The molecule has 0 aliphatic rings. The molecule has 0 atom stereocenters. The Balaban J connectivity index is 2.72. The van der Waals surface area contributed by atoms with Crippen LogP contribution in [0.3, 0.4) is 0 Å². The topological polar surface area (TPSA) is 48.1 Å². The molecular formula is C12H18N2O. The second-order valence-electron chi connectivity index (χ2n) is 3.29. The Kier molecular flexibility index (Phi) is 4.84. The third-order valence-corrected chi connectivity index (χ3v) is 2.08. The monoisotopic (exact) mass is 206 g/mol. The molecule has 1 aromatic heterocycles. The van der Waals surface area contributed by atoms with Crippen LogP contribution in [0.1, 0.15) is 24.6 Å². The predicted octanol–water partition coefficient (Wildman–Crippen LogP) is 2.06. The third kappa shape index (κ3) is 3.72. The number of aromatic nitrogens is 1. The normalized spacial score (nSPS) is 10.0. The molecule has 15 heavy (non-hydrogen) atoms. The van der Waals surface area contributed by atoms with Crippen molar-refractivity contribution in [1.82, 2.24) is 4.98 Å². The van der Waals surface area contributed by atoms with Gasteiger partial charge in [0.25, 0.3) is 0 Å². The van der Waals surface area contributed by atoms with Gasteiger partial charge in [-0.05, 0) is 24.5 Å². The first-order valence-electron chi connectivity index (χ1n) is 5.23. The Morgan fingerprint density at radius 3 is 2.93 bits per heavy atom. The van der Waals surface area contributed by atoms with Gasteiger partial charge in [-0.1, -0.05) is 13.0 Å². The van der Waals surface area contributed by atoms with Crippen LogP contribution in [0.5, 0.6) is 5.88 Å². The molecule has 0 saturated heterocycles. The van der Waals surface area contributed by atoms with E-state index < -0.39 is 0 Å². The molecule has 0 amide bonds. The minimum Gasteiger partial charge on any atom is -0.477 e. The van der Waals surface area contributed by atoms with E-state index in [9.17, 15) is 0 Å². The molecule has 2 N–H and O–H groups in total. The zero-order valence-corrected chi connectivity index (χ0v) is 9.20. The van der Waals surface area contributed by atoms with Crippen molar-refractivity contribution in [3.05, 3.63) is 36.0 Å². The van der Waals surface area contributed by atoms with Crippen LogP contribution >= 0.6 is 0 Å². The number of nitrogens with two attached hydrogens (primary N) is 1. The van der Waals surface area contributed by atoms with Crippen LogP contribution in [0.4, 0.5) is 0 Å². The van der Waals surface area contributed by atoms with E-state index in [-0.39, 0.29) is 0 Å². The highest BCUT2D eigenvalue weighted by Crippen LogP contribution is 2.13. The predicted molar refractivity (Wildman–Crippen MR) is 61.8 cm³/mol. The molecule has 1 aromatic rings. The van der Waals surface area contributed by atoms with Gasteiger partial charge in [0.2, 0.25) is 5.88 Å². The van der Waals surface area contributed by atoms with Crippen molar-refractivity contribution in [3.8, 4) is 5.88 Å². The molecule has 0 aliphatic carbocycles. The van der Waals surface area contributed by atoms with Crippen LogP contribution in [0, 0.1) is 0 Å². The molecule has 0 saturated carbocycles. The Labute approximate surface area is 91.0 Å². The summed E-state index contributed by atoms with van der Waals surface area (Å²) in [7, 11) is 0. The van der Waals surface area contributed by atoms with Crippen molar-refractivity contribution < 1.29 is 4.74 Å². The minimum atomic E-state index is 0.521. The van der Waals surface area contributed by atoms with E-state index in [0.717, 1.165) is 24.1 Å². The van der Waals surface area contributed by atoms with E-state index in [1.54, 1.807) is 0 Å². The van der Waals surface area contributed by atoms with Gasteiger partial charge in [-0.2, -0.15) is 0 Å². The smallest absolute Gasteiger partial charge is 0.213 e. The summed E-state index contributed by atoms with van der Waals surface area (Å²) in [4.78, 5) is 4.36. The highest BCUT2D eigenvalue weighted by molar-refractivity contribution is 5.25. The van der Waals surface area contributed by atoms with E-state index in [1.165, 1.54) is 0 Å². The molecule has 0 aromatic carbocycles. The van der Waals surface area contributed by atoms with Crippen LogP contribution in [0.25, 0.3) is 0 Å². The van der Waals surface area contributed by atoms with Crippen molar-refractivity contribution in [2.45, 2.75) is 26.3 Å². The zero-order valence-electron chi connectivity index (χ0n) is 9.20. The average Bonchev–Trinajstić information content (AvgIpc) is 2.29. The standard InChI is InChI=1S/C12H18N2O/c1-3-5-6-15-12-8-10(9-13)7-11(4-2)14-12/h3,7-8H,1,4-6,9,13H2,2H3. The van der Waals surface area contributed by atoms with Gasteiger partial charge in [0, 0.05) is 18.3 Å². The van der Waals surface area contributed by atoms with Gasteiger partial charge >= 0.3 is 0 Å². The molecule has 3 nitrogen and oxygen atoms in total. The fourth-order valence-corrected chi connectivity index (χ4v) is 1.24. The Hall–Kier alpha value is -1.35. The molecule has 3 heteroatoms. The quantitative estimate of drug-likeness (QED) is 0.572. The van der Waals surface area contributed by atoms with Crippen LogP contribution in [0.15, 0.2) is 24.8 Å². The van der Waals surface area contributed by atoms with Crippen molar-refractivity contribution >= 4 is 0 Å². The Morgan fingerprint density at radius 2 is 2.33 bits per heavy atom. The zero-order chi connectivity index (χ0) is 11.1. The molecule has 0 radical (unpaired) electrons. The van der Waals surface area contributed by atoms with Crippen LogP contribution < -0.4 is 10.5 Å².